The Labute approximate surface area is 42.3 Å². The third-order valence-electron chi connectivity index (χ3n) is 0.533. The van der Waals surface area contributed by atoms with Crippen LogP contribution in [0.4, 0.5) is 0 Å². The van der Waals surface area contributed by atoms with Crippen LogP contribution in [0.2, 0.25) is 0 Å². The molecule has 2 nitrogen and oxygen atoms in total. The molecule has 0 amide bonds. The van der Waals surface area contributed by atoms with Gasteiger partial charge in [-0.2, -0.15) is 0 Å². The molecule has 0 spiro atoms. The van der Waals surface area contributed by atoms with Crippen molar-refractivity contribution in [3.63, 3.8) is 0 Å². The van der Waals surface area contributed by atoms with Gasteiger partial charge in [0.05, 0.1) is 6.20 Å². The first-order valence-corrected chi connectivity index (χ1v) is 1.94. The number of allylic oxidation sites excluding steroid dienone is 1. The zero-order valence-electron chi connectivity index (χ0n) is 3.68. The minimum absolute atomic E-state index is 1.63. The van der Waals surface area contributed by atoms with Gasteiger partial charge in [0.25, 0.3) is 0 Å². The van der Waals surface area contributed by atoms with Gasteiger partial charge >= 0.3 is 0 Å². The summed E-state index contributed by atoms with van der Waals surface area (Å²) in [5, 5.41) is 2.68. The topological polar surface area (TPSA) is 24.4 Å². The Bertz CT molecular complexity index is 108. The van der Waals surface area contributed by atoms with Crippen LogP contribution < -0.4 is 5.32 Å². The van der Waals surface area contributed by atoms with Crippen LogP contribution in [0.3, 0.4) is 0 Å². The Morgan fingerprint density at radius 2 is 2.57 bits per heavy atom. The molecule has 2 heteroatoms. The van der Waals surface area contributed by atoms with Crippen molar-refractivity contribution < 1.29 is 0 Å². The quantitative estimate of drug-likeness (QED) is 0.455. The summed E-state index contributed by atoms with van der Waals surface area (Å²) in [7, 11) is 0. The van der Waals surface area contributed by atoms with Gasteiger partial charge < -0.3 is 5.32 Å². The molecular formula is C5H4N2. The number of hydrogen-bond donors (Lipinski definition) is 1. The van der Waals surface area contributed by atoms with E-state index in [0.29, 0.717) is 0 Å². The monoisotopic (exact) mass is 92.0 g/mol. The molecular weight excluding hydrogens is 88.1 g/mol. The summed E-state index contributed by atoms with van der Waals surface area (Å²) in [5.74, 6) is 0. The van der Waals surface area contributed by atoms with E-state index in [4.69, 9.17) is 0 Å². The average Bonchev–Trinajstić information content (AvgIpc) is 1.90. The van der Waals surface area contributed by atoms with Gasteiger partial charge in [0, 0.05) is 12.4 Å². The van der Waals surface area contributed by atoms with Gasteiger partial charge in [-0.15, -0.1) is 0 Å². The summed E-state index contributed by atoms with van der Waals surface area (Å²) >= 11 is 0. The molecule has 1 heterocycles. The lowest BCUT2D eigenvalue weighted by molar-refractivity contribution is 1.14. The van der Waals surface area contributed by atoms with Crippen LogP contribution in [0.1, 0.15) is 0 Å². The summed E-state index contributed by atoms with van der Waals surface area (Å²) < 4.78 is 0. The summed E-state index contributed by atoms with van der Waals surface area (Å²) in [6.07, 6.45) is 10.2. The van der Waals surface area contributed by atoms with Crippen LogP contribution in [0.5, 0.6) is 0 Å². The summed E-state index contributed by atoms with van der Waals surface area (Å²) in [5.41, 5.74) is 0. The van der Waals surface area contributed by atoms with Crippen LogP contribution in [-0.2, 0) is 0 Å². The molecule has 0 fully saturated rings. The summed E-state index contributed by atoms with van der Waals surface area (Å²) in [4.78, 5) is 3.64. The lowest BCUT2D eigenvalue weighted by Gasteiger charge is -1.75. The predicted octanol–water partition coefficient (Wildman–Crippen LogP) is 0.252. The van der Waals surface area contributed by atoms with E-state index in [9.17, 15) is 0 Å². The van der Waals surface area contributed by atoms with Crippen molar-refractivity contribution in [3.05, 3.63) is 24.7 Å². The first kappa shape index (κ1) is 4.12. The van der Waals surface area contributed by atoms with E-state index < -0.39 is 0 Å². The lowest BCUT2D eigenvalue weighted by atomic mass is 10.7. The summed E-state index contributed by atoms with van der Waals surface area (Å²) in [6, 6.07) is 0. The minimum atomic E-state index is 1.63. The minimum Gasteiger partial charge on any atom is -0.358 e. The normalized spacial score (nSPS) is 16.0. The van der Waals surface area contributed by atoms with Gasteiger partial charge in [0.1, 0.15) is 6.20 Å². The fourth-order valence-corrected chi connectivity index (χ4v) is 0.278. The van der Waals surface area contributed by atoms with Gasteiger partial charge in [-0.25, -0.2) is 0 Å². The Morgan fingerprint density at radius 3 is 3.57 bits per heavy atom. The van der Waals surface area contributed by atoms with Gasteiger partial charge in [-0.05, 0) is 6.08 Å². The van der Waals surface area contributed by atoms with E-state index in [-0.39, 0.29) is 0 Å². The Balaban J connectivity index is 2.60. The summed E-state index contributed by atoms with van der Waals surface area (Å²) in [6.45, 7) is 0. The van der Waals surface area contributed by atoms with Crippen LogP contribution >= 0.6 is 0 Å². The molecule has 1 aliphatic rings. The van der Waals surface area contributed by atoms with E-state index >= 15 is 0 Å². The van der Waals surface area contributed by atoms with Crippen LogP contribution in [0.15, 0.2) is 17.3 Å². The highest BCUT2D eigenvalue weighted by Gasteiger charge is 1.70. The standard InChI is InChI=1S/C5H4N2/c1-2-6-4-5-7-3-1/h1-3,6H. The smallest absolute Gasteiger partial charge is 0.116 e. The van der Waals surface area contributed by atoms with Crippen molar-refractivity contribution >= 4 is 6.21 Å². The Kier molecular flexibility index (Phi) is 1.28. The van der Waals surface area contributed by atoms with Crippen molar-refractivity contribution in [1.82, 2.24) is 5.32 Å². The van der Waals surface area contributed by atoms with Crippen LogP contribution in [0.25, 0.3) is 0 Å². The van der Waals surface area contributed by atoms with Gasteiger partial charge in [-0.3, -0.25) is 4.99 Å². The second-order valence-corrected chi connectivity index (χ2v) is 1.02. The van der Waals surface area contributed by atoms with Gasteiger partial charge in [-0.1, -0.05) is 0 Å². The van der Waals surface area contributed by atoms with Crippen molar-refractivity contribution in [3.8, 4) is 0 Å². The highest BCUT2D eigenvalue weighted by atomic mass is 14.8. The van der Waals surface area contributed by atoms with E-state index in [1.54, 1.807) is 18.5 Å². The molecule has 0 saturated carbocycles. The van der Waals surface area contributed by atoms with Gasteiger partial charge in [0.2, 0.25) is 0 Å². The fourth-order valence-electron chi connectivity index (χ4n) is 0.278. The molecule has 0 aromatic heterocycles. The maximum atomic E-state index is 3.64. The zero-order valence-corrected chi connectivity index (χ0v) is 3.68. The molecule has 1 aliphatic heterocycles. The fraction of sp³-hybridized carbons (Fsp3) is 0. The lowest BCUT2D eigenvalue weighted by Crippen LogP contribution is -1.89. The molecule has 0 unspecified atom stereocenters. The number of hydrogen-bond acceptors (Lipinski definition) is 2. The second-order valence-electron chi connectivity index (χ2n) is 1.02. The van der Waals surface area contributed by atoms with Crippen molar-refractivity contribution in [2.45, 2.75) is 0 Å². The first-order valence-electron chi connectivity index (χ1n) is 1.94. The molecule has 0 bridgehead atoms. The number of rotatable bonds is 0. The third kappa shape index (κ3) is 1.22. The first-order chi connectivity index (χ1) is 3.50. The van der Waals surface area contributed by atoms with Crippen molar-refractivity contribution in [1.29, 1.82) is 0 Å². The highest BCUT2D eigenvalue weighted by Crippen LogP contribution is 1.73. The van der Waals surface area contributed by atoms with Gasteiger partial charge in [0.15, 0.2) is 0 Å². The molecule has 1 rings (SSSR count). The molecule has 1 N–H and O–H groups in total. The van der Waals surface area contributed by atoms with E-state index in [1.165, 1.54) is 0 Å². The molecule has 0 atom stereocenters. The molecule has 0 aromatic carbocycles. The zero-order chi connectivity index (χ0) is 4.95. The SMILES string of the molecule is [C]1=[C]NC=CC=N1. The second kappa shape index (κ2) is 2.18. The van der Waals surface area contributed by atoms with Crippen molar-refractivity contribution in [2.75, 3.05) is 0 Å². The van der Waals surface area contributed by atoms with Crippen LogP contribution in [0, 0.1) is 12.4 Å². The number of nitrogens with zero attached hydrogens (tertiary/aromatic N) is 1. The van der Waals surface area contributed by atoms with E-state index in [1.807, 2.05) is 0 Å². The largest absolute Gasteiger partial charge is 0.358 e. The molecule has 7 heavy (non-hydrogen) atoms. The molecule has 34 valence electrons. The molecule has 0 aliphatic carbocycles. The molecule has 0 saturated heterocycles. The molecule has 2 radical (unpaired) electrons. The third-order valence-corrected chi connectivity index (χ3v) is 0.533. The average molecular weight is 92.1 g/mol. The van der Waals surface area contributed by atoms with E-state index in [0.717, 1.165) is 0 Å². The molecule has 0 aromatic rings. The maximum Gasteiger partial charge on any atom is 0.116 e. The number of nitrogens with one attached hydrogen (secondary N) is 1. The highest BCUT2D eigenvalue weighted by molar-refractivity contribution is 5.71. The Morgan fingerprint density at radius 1 is 1.57 bits per heavy atom. The Hall–Kier alpha value is -1.05. The van der Waals surface area contributed by atoms with E-state index in [2.05, 4.69) is 22.7 Å². The number of aliphatic imine (C=N–C) groups is 1. The van der Waals surface area contributed by atoms with Crippen LogP contribution in [-0.4, -0.2) is 6.21 Å². The predicted molar refractivity (Wildman–Crippen MR) is 27.3 cm³/mol. The van der Waals surface area contributed by atoms with Crippen molar-refractivity contribution in [2.24, 2.45) is 4.99 Å². The maximum absolute atomic E-state index is 3.64.